The Hall–Kier alpha value is -2.19. The normalized spacial score (nSPS) is 25.5. The van der Waals surface area contributed by atoms with Gasteiger partial charge in [-0.25, -0.2) is 9.78 Å². The van der Waals surface area contributed by atoms with Gasteiger partial charge in [-0.1, -0.05) is 0 Å². The number of carbonyl (C=O) groups excluding carboxylic acids is 1. The molecule has 0 radical (unpaired) electrons. The van der Waals surface area contributed by atoms with E-state index >= 15 is 0 Å². The van der Waals surface area contributed by atoms with Gasteiger partial charge >= 0.3 is 5.97 Å². The first-order valence-electron chi connectivity index (χ1n) is 8.41. The third kappa shape index (κ3) is 2.75. The molecule has 2 fully saturated rings. The Morgan fingerprint density at radius 1 is 1.40 bits per heavy atom. The SMILES string of the molecule is COC(=O)c1cn2cc([C@@]34COC(CCO3)C4)nc2nc1OC(C)C. The van der Waals surface area contributed by atoms with E-state index in [2.05, 4.69) is 9.97 Å². The summed E-state index contributed by atoms with van der Waals surface area (Å²) in [5, 5.41) is 0. The molecule has 0 spiro atoms. The van der Waals surface area contributed by atoms with Gasteiger partial charge in [0, 0.05) is 18.8 Å². The topological polar surface area (TPSA) is 84.2 Å². The van der Waals surface area contributed by atoms with Crippen molar-refractivity contribution >= 4 is 11.7 Å². The Morgan fingerprint density at radius 3 is 3.00 bits per heavy atom. The van der Waals surface area contributed by atoms with Crippen molar-refractivity contribution in [2.45, 2.75) is 44.5 Å². The zero-order chi connectivity index (χ0) is 17.6. The number of rotatable bonds is 4. The summed E-state index contributed by atoms with van der Waals surface area (Å²) in [6.45, 7) is 4.88. The first-order chi connectivity index (χ1) is 12.0. The molecule has 2 bridgehead atoms. The van der Waals surface area contributed by atoms with E-state index in [1.54, 1.807) is 10.6 Å². The lowest BCUT2D eigenvalue weighted by Gasteiger charge is -2.29. The van der Waals surface area contributed by atoms with Crippen molar-refractivity contribution in [3.8, 4) is 5.88 Å². The number of methoxy groups -OCH3 is 1. The molecule has 0 aromatic carbocycles. The van der Waals surface area contributed by atoms with Crippen molar-refractivity contribution < 1.29 is 23.7 Å². The summed E-state index contributed by atoms with van der Waals surface area (Å²) in [5.41, 5.74) is 0.496. The van der Waals surface area contributed by atoms with Crippen LogP contribution in [0.3, 0.4) is 0 Å². The highest BCUT2D eigenvalue weighted by molar-refractivity contribution is 5.91. The molecule has 2 aliphatic rings. The first-order valence-corrected chi connectivity index (χ1v) is 8.41. The molecule has 2 atom stereocenters. The number of nitrogens with zero attached hydrogens (tertiary/aromatic N) is 3. The number of aromatic nitrogens is 3. The van der Waals surface area contributed by atoms with Crippen LogP contribution in [-0.2, 0) is 19.8 Å². The van der Waals surface area contributed by atoms with Gasteiger partial charge in [0.15, 0.2) is 0 Å². The molecule has 2 aromatic heterocycles. The summed E-state index contributed by atoms with van der Waals surface area (Å²) in [6, 6.07) is 0. The predicted molar refractivity (Wildman–Crippen MR) is 86.7 cm³/mol. The molecule has 0 amide bonds. The van der Waals surface area contributed by atoms with E-state index in [1.807, 2.05) is 20.0 Å². The molecular weight excluding hydrogens is 326 g/mol. The van der Waals surface area contributed by atoms with Crippen molar-refractivity contribution in [3.63, 3.8) is 0 Å². The largest absolute Gasteiger partial charge is 0.474 e. The summed E-state index contributed by atoms with van der Waals surface area (Å²) >= 11 is 0. The third-order valence-corrected chi connectivity index (χ3v) is 4.56. The van der Waals surface area contributed by atoms with E-state index in [9.17, 15) is 4.79 Å². The maximum atomic E-state index is 12.1. The minimum atomic E-state index is -0.527. The highest BCUT2D eigenvalue weighted by Crippen LogP contribution is 2.41. The molecule has 2 saturated heterocycles. The van der Waals surface area contributed by atoms with E-state index in [0.717, 1.165) is 18.5 Å². The van der Waals surface area contributed by atoms with Crippen LogP contribution in [0.2, 0.25) is 0 Å². The van der Waals surface area contributed by atoms with E-state index in [1.165, 1.54) is 7.11 Å². The molecular formula is C17H21N3O5. The van der Waals surface area contributed by atoms with Gasteiger partial charge in [-0.15, -0.1) is 0 Å². The number of hydrogen-bond donors (Lipinski definition) is 0. The Balaban J connectivity index is 1.78. The highest BCUT2D eigenvalue weighted by Gasteiger charge is 2.47. The number of imidazole rings is 1. The molecule has 2 aliphatic heterocycles. The molecule has 0 N–H and O–H groups in total. The maximum absolute atomic E-state index is 12.1. The Morgan fingerprint density at radius 2 is 2.24 bits per heavy atom. The molecule has 4 heterocycles. The summed E-state index contributed by atoms with van der Waals surface area (Å²) in [5.74, 6) is 0.163. The first kappa shape index (κ1) is 16.3. The number of carbonyl (C=O) groups is 1. The summed E-state index contributed by atoms with van der Waals surface area (Å²) in [7, 11) is 1.33. The average Bonchev–Trinajstić information content (AvgIpc) is 3.14. The molecule has 25 heavy (non-hydrogen) atoms. The number of fused-ring (bicyclic) bond motifs is 3. The van der Waals surface area contributed by atoms with Gasteiger partial charge in [-0.2, -0.15) is 4.98 Å². The summed E-state index contributed by atoms with van der Waals surface area (Å²) < 4.78 is 24.0. The van der Waals surface area contributed by atoms with Gasteiger partial charge in [0.25, 0.3) is 0 Å². The van der Waals surface area contributed by atoms with Crippen molar-refractivity contribution in [2.24, 2.45) is 0 Å². The molecule has 4 rings (SSSR count). The lowest BCUT2D eigenvalue weighted by molar-refractivity contribution is -0.0597. The van der Waals surface area contributed by atoms with Gasteiger partial charge in [-0.05, 0) is 20.3 Å². The van der Waals surface area contributed by atoms with Crippen LogP contribution >= 0.6 is 0 Å². The monoisotopic (exact) mass is 347 g/mol. The lowest BCUT2D eigenvalue weighted by atomic mass is 9.93. The van der Waals surface area contributed by atoms with Crippen LogP contribution in [0.15, 0.2) is 12.4 Å². The van der Waals surface area contributed by atoms with Gasteiger partial charge in [0.2, 0.25) is 11.7 Å². The molecule has 8 heteroatoms. The van der Waals surface area contributed by atoms with Crippen molar-refractivity contribution in [1.82, 2.24) is 14.4 Å². The minimum absolute atomic E-state index is 0.128. The van der Waals surface area contributed by atoms with E-state index in [4.69, 9.17) is 18.9 Å². The van der Waals surface area contributed by atoms with Crippen molar-refractivity contribution in [2.75, 3.05) is 20.3 Å². The van der Waals surface area contributed by atoms with Crippen LogP contribution in [0.4, 0.5) is 0 Å². The molecule has 0 saturated carbocycles. The quantitative estimate of drug-likeness (QED) is 0.778. The van der Waals surface area contributed by atoms with E-state index in [0.29, 0.717) is 19.0 Å². The number of ether oxygens (including phenoxy) is 4. The second-order valence-corrected chi connectivity index (χ2v) is 6.72. The van der Waals surface area contributed by atoms with E-state index in [-0.39, 0.29) is 23.7 Å². The molecule has 8 nitrogen and oxygen atoms in total. The molecule has 1 unspecified atom stereocenters. The fourth-order valence-corrected chi connectivity index (χ4v) is 3.35. The van der Waals surface area contributed by atoms with Gasteiger partial charge in [0.1, 0.15) is 11.2 Å². The second kappa shape index (κ2) is 5.96. The molecule has 134 valence electrons. The van der Waals surface area contributed by atoms with Crippen LogP contribution in [0, 0.1) is 0 Å². The molecule has 0 aliphatic carbocycles. The minimum Gasteiger partial charge on any atom is -0.474 e. The Bertz CT molecular complexity index is 814. The zero-order valence-corrected chi connectivity index (χ0v) is 14.5. The summed E-state index contributed by atoms with van der Waals surface area (Å²) in [6.07, 6.45) is 5.26. The maximum Gasteiger partial charge on any atom is 0.344 e. The highest BCUT2D eigenvalue weighted by atomic mass is 16.6. The molecule has 2 aromatic rings. The van der Waals surface area contributed by atoms with Gasteiger partial charge in [0.05, 0.1) is 38.2 Å². The van der Waals surface area contributed by atoms with Gasteiger partial charge in [-0.3, -0.25) is 4.40 Å². The smallest absolute Gasteiger partial charge is 0.344 e. The second-order valence-electron chi connectivity index (χ2n) is 6.72. The zero-order valence-electron chi connectivity index (χ0n) is 14.5. The third-order valence-electron chi connectivity index (χ3n) is 4.56. The van der Waals surface area contributed by atoms with Crippen LogP contribution in [0.25, 0.3) is 5.78 Å². The van der Waals surface area contributed by atoms with Crippen LogP contribution < -0.4 is 4.74 Å². The van der Waals surface area contributed by atoms with E-state index < -0.39 is 11.6 Å². The summed E-state index contributed by atoms with van der Waals surface area (Å²) in [4.78, 5) is 21.1. The predicted octanol–water partition coefficient (Wildman–Crippen LogP) is 1.71. The standard InChI is InChI=1S/C17H21N3O5/c1-10(2)25-14-12(15(21)22-3)7-20-8-13(18-16(20)19-14)17-6-11(23-9-17)4-5-24-17/h7-8,10-11H,4-6,9H2,1-3H3/t11?,17-/m1/s1. The van der Waals surface area contributed by atoms with Crippen LogP contribution in [-0.4, -0.2) is 52.9 Å². The van der Waals surface area contributed by atoms with Crippen molar-refractivity contribution in [3.05, 3.63) is 23.7 Å². The van der Waals surface area contributed by atoms with Gasteiger partial charge < -0.3 is 18.9 Å². The lowest BCUT2D eigenvalue weighted by Crippen LogP contribution is -2.34. The van der Waals surface area contributed by atoms with Crippen molar-refractivity contribution in [1.29, 1.82) is 0 Å². The Labute approximate surface area is 145 Å². The number of hydrogen-bond acceptors (Lipinski definition) is 7. The fraction of sp³-hybridized carbons (Fsp3) is 0.588. The fourth-order valence-electron chi connectivity index (χ4n) is 3.35. The number of esters is 1. The Kier molecular flexibility index (Phi) is 3.88. The average molecular weight is 347 g/mol. The van der Waals surface area contributed by atoms with Crippen LogP contribution in [0.1, 0.15) is 42.7 Å². The van der Waals surface area contributed by atoms with Crippen LogP contribution in [0.5, 0.6) is 5.88 Å².